The SMILES string of the molecule is CC(NCC(=O)Nc1ccc(F)c(Cl)c1)c1ccccc1Cl. The number of carbonyl (C=O) groups is 1. The minimum absolute atomic E-state index is 0.0322. The first-order valence-electron chi connectivity index (χ1n) is 6.70. The van der Waals surface area contributed by atoms with Gasteiger partial charge < -0.3 is 10.6 Å². The third-order valence-electron chi connectivity index (χ3n) is 3.14. The third kappa shape index (κ3) is 4.44. The first-order chi connectivity index (χ1) is 10.5. The van der Waals surface area contributed by atoms with Crippen LogP contribution in [0.5, 0.6) is 0 Å². The topological polar surface area (TPSA) is 41.1 Å². The Labute approximate surface area is 138 Å². The summed E-state index contributed by atoms with van der Waals surface area (Å²) in [6, 6.07) is 11.4. The van der Waals surface area contributed by atoms with Crippen LogP contribution in [0.4, 0.5) is 10.1 Å². The molecule has 2 aromatic rings. The van der Waals surface area contributed by atoms with Gasteiger partial charge in [0.15, 0.2) is 0 Å². The molecule has 1 amide bonds. The quantitative estimate of drug-likeness (QED) is 0.845. The highest BCUT2D eigenvalue weighted by Gasteiger charge is 2.11. The molecule has 0 aliphatic heterocycles. The van der Waals surface area contributed by atoms with E-state index in [9.17, 15) is 9.18 Å². The van der Waals surface area contributed by atoms with Gasteiger partial charge in [0.2, 0.25) is 5.91 Å². The van der Waals surface area contributed by atoms with Gasteiger partial charge in [-0.05, 0) is 36.8 Å². The Kier molecular flexibility index (Phi) is 5.77. The normalized spacial score (nSPS) is 12.0. The molecule has 0 radical (unpaired) electrons. The molecule has 6 heteroatoms. The highest BCUT2D eigenvalue weighted by molar-refractivity contribution is 6.31. The summed E-state index contributed by atoms with van der Waals surface area (Å²) >= 11 is 11.8. The summed E-state index contributed by atoms with van der Waals surface area (Å²) in [7, 11) is 0. The molecule has 0 aliphatic rings. The van der Waals surface area contributed by atoms with Crippen LogP contribution in [-0.4, -0.2) is 12.5 Å². The van der Waals surface area contributed by atoms with Crippen molar-refractivity contribution in [2.75, 3.05) is 11.9 Å². The maximum absolute atomic E-state index is 13.0. The zero-order valence-corrected chi connectivity index (χ0v) is 13.4. The van der Waals surface area contributed by atoms with Crippen molar-refractivity contribution in [3.8, 4) is 0 Å². The standard InChI is InChI=1S/C16H15Cl2FN2O/c1-10(12-4-2-3-5-13(12)17)20-9-16(22)21-11-6-7-15(19)14(18)8-11/h2-8,10,20H,9H2,1H3,(H,21,22). The fourth-order valence-corrected chi connectivity index (χ4v) is 2.44. The first-order valence-corrected chi connectivity index (χ1v) is 7.45. The zero-order chi connectivity index (χ0) is 16.1. The summed E-state index contributed by atoms with van der Waals surface area (Å²) in [5.41, 5.74) is 1.37. The van der Waals surface area contributed by atoms with E-state index < -0.39 is 5.82 Å². The van der Waals surface area contributed by atoms with Crippen molar-refractivity contribution in [3.05, 3.63) is 63.9 Å². The number of hydrogen-bond donors (Lipinski definition) is 2. The molecular weight excluding hydrogens is 326 g/mol. The molecule has 1 unspecified atom stereocenters. The van der Waals surface area contributed by atoms with Crippen LogP contribution >= 0.6 is 23.2 Å². The van der Waals surface area contributed by atoms with Gasteiger partial charge in [0, 0.05) is 16.8 Å². The molecule has 0 saturated heterocycles. The van der Waals surface area contributed by atoms with Crippen molar-refractivity contribution >= 4 is 34.8 Å². The van der Waals surface area contributed by atoms with Crippen LogP contribution < -0.4 is 10.6 Å². The molecular formula is C16H15Cl2FN2O. The fourth-order valence-electron chi connectivity index (χ4n) is 1.96. The molecule has 0 aliphatic carbocycles. The Morgan fingerprint density at radius 1 is 1.18 bits per heavy atom. The summed E-state index contributed by atoms with van der Waals surface area (Å²) in [5.74, 6) is -0.772. The van der Waals surface area contributed by atoms with E-state index in [1.165, 1.54) is 18.2 Å². The van der Waals surface area contributed by atoms with Crippen molar-refractivity contribution in [2.24, 2.45) is 0 Å². The molecule has 22 heavy (non-hydrogen) atoms. The van der Waals surface area contributed by atoms with E-state index in [0.29, 0.717) is 10.7 Å². The number of hydrogen-bond acceptors (Lipinski definition) is 2. The monoisotopic (exact) mass is 340 g/mol. The predicted octanol–water partition coefficient (Wildman–Crippen LogP) is 4.42. The van der Waals surface area contributed by atoms with E-state index in [1.54, 1.807) is 6.07 Å². The zero-order valence-electron chi connectivity index (χ0n) is 11.9. The Hall–Kier alpha value is -1.62. The molecule has 0 fully saturated rings. The molecule has 0 aromatic heterocycles. The van der Waals surface area contributed by atoms with Gasteiger partial charge in [0.1, 0.15) is 5.82 Å². The van der Waals surface area contributed by atoms with Gasteiger partial charge in [-0.2, -0.15) is 0 Å². The number of halogens is 3. The van der Waals surface area contributed by atoms with E-state index in [1.807, 2.05) is 25.1 Å². The Morgan fingerprint density at radius 2 is 1.91 bits per heavy atom. The molecule has 2 rings (SSSR count). The van der Waals surface area contributed by atoms with Crippen molar-refractivity contribution in [2.45, 2.75) is 13.0 Å². The largest absolute Gasteiger partial charge is 0.325 e. The number of benzene rings is 2. The second-order valence-corrected chi connectivity index (χ2v) is 5.62. The summed E-state index contributed by atoms with van der Waals surface area (Å²) in [4.78, 5) is 11.9. The molecule has 116 valence electrons. The fraction of sp³-hybridized carbons (Fsp3) is 0.188. The Bertz CT molecular complexity index is 679. The maximum atomic E-state index is 13.0. The highest BCUT2D eigenvalue weighted by atomic mass is 35.5. The second kappa shape index (κ2) is 7.58. The molecule has 0 bridgehead atoms. The van der Waals surface area contributed by atoms with Gasteiger partial charge in [-0.25, -0.2) is 4.39 Å². The van der Waals surface area contributed by atoms with Crippen LogP contribution in [0.1, 0.15) is 18.5 Å². The lowest BCUT2D eigenvalue weighted by Gasteiger charge is -2.15. The lowest BCUT2D eigenvalue weighted by Crippen LogP contribution is -2.30. The minimum atomic E-state index is -0.523. The molecule has 2 N–H and O–H groups in total. The van der Waals surface area contributed by atoms with E-state index in [2.05, 4.69) is 10.6 Å². The average molecular weight is 341 g/mol. The van der Waals surface area contributed by atoms with Crippen LogP contribution in [0.2, 0.25) is 10.0 Å². The van der Waals surface area contributed by atoms with Gasteiger partial charge in [-0.15, -0.1) is 0 Å². The van der Waals surface area contributed by atoms with E-state index in [4.69, 9.17) is 23.2 Å². The molecule has 1 atom stereocenters. The van der Waals surface area contributed by atoms with Crippen molar-refractivity contribution < 1.29 is 9.18 Å². The minimum Gasteiger partial charge on any atom is -0.325 e. The average Bonchev–Trinajstić information content (AvgIpc) is 2.49. The van der Waals surface area contributed by atoms with Crippen LogP contribution in [0, 0.1) is 5.82 Å². The predicted molar refractivity (Wildman–Crippen MR) is 87.9 cm³/mol. The van der Waals surface area contributed by atoms with Crippen molar-refractivity contribution in [1.29, 1.82) is 0 Å². The summed E-state index contributed by atoms with van der Waals surface area (Å²) < 4.78 is 13.0. The first kappa shape index (κ1) is 16.7. The van der Waals surface area contributed by atoms with Gasteiger partial charge in [-0.1, -0.05) is 41.4 Å². The van der Waals surface area contributed by atoms with Crippen LogP contribution in [0.25, 0.3) is 0 Å². The summed E-state index contributed by atoms with van der Waals surface area (Å²) in [6.45, 7) is 2.02. The Balaban J connectivity index is 1.90. The van der Waals surface area contributed by atoms with E-state index >= 15 is 0 Å². The van der Waals surface area contributed by atoms with Gasteiger partial charge in [-0.3, -0.25) is 4.79 Å². The lowest BCUT2D eigenvalue weighted by molar-refractivity contribution is -0.115. The van der Waals surface area contributed by atoms with Crippen molar-refractivity contribution in [3.63, 3.8) is 0 Å². The molecule has 3 nitrogen and oxygen atoms in total. The molecule has 2 aromatic carbocycles. The molecule has 0 saturated carbocycles. The lowest BCUT2D eigenvalue weighted by atomic mass is 10.1. The number of amides is 1. The van der Waals surface area contributed by atoms with E-state index in [-0.39, 0.29) is 23.5 Å². The number of anilines is 1. The molecule has 0 heterocycles. The van der Waals surface area contributed by atoms with Crippen LogP contribution in [0.3, 0.4) is 0 Å². The number of rotatable bonds is 5. The number of carbonyl (C=O) groups excluding carboxylic acids is 1. The van der Waals surface area contributed by atoms with Crippen LogP contribution in [0.15, 0.2) is 42.5 Å². The summed E-state index contributed by atoms with van der Waals surface area (Å²) in [5, 5.41) is 6.34. The smallest absolute Gasteiger partial charge is 0.238 e. The maximum Gasteiger partial charge on any atom is 0.238 e. The Morgan fingerprint density at radius 3 is 2.59 bits per heavy atom. The second-order valence-electron chi connectivity index (χ2n) is 4.80. The molecule has 0 spiro atoms. The van der Waals surface area contributed by atoms with Gasteiger partial charge >= 0.3 is 0 Å². The summed E-state index contributed by atoms with van der Waals surface area (Å²) in [6.07, 6.45) is 0. The van der Waals surface area contributed by atoms with Gasteiger partial charge in [0.05, 0.1) is 11.6 Å². The van der Waals surface area contributed by atoms with E-state index in [0.717, 1.165) is 5.56 Å². The number of nitrogens with one attached hydrogen (secondary N) is 2. The highest BCUT2D eigenvalue weighted by Crippen LogP contribution is 2.22. The van der Waals surface area contributed by atoms with Gasteiger partial charge in [0.25, 0.3) is 0 Å². The third-order valence-corrected chi connectivity index (χ3v) is 3.78. The van der Waals surface area contributed by atoms with Crippen molar-refractivity contribution in [1.82, 2.24) is 5.32 Å². The van der Waals surface area contributed by atoms with Crippen LogP contribution in [-0.2, 0) is 4.79 Å².